The monoisotopic (exact) mass is 350 g/mol. The Morgan fingerprint density at radius 1 is 1.12 bits per heavy atom. The maximum atomic E-state index is 13.0. The van der Waals surface area contributed by atoms with Crippen LogP contribution in [0.2, 0.25) is 0 Å². The number of hydrogen-bond donors (Lipinski definition) is 1. The summed E-state index contributed by atoms with van der Waals surface area (Å²) in [5, 5.41) is 10.9. The van der Waals surface area contributed by atoms with Gasteiger partial charge in [-0.2, -0.15) is 5.06 Å². The molecule has 1 heterocycles. The van der Waals surface area contributed by atoms with Crippen molar-refractivity contribution in [3.8, 4) is 0 Å². The molecule has 2 bridgehead atoms. The van der Waals surface area contributed by atoms with Gasteiger partial charge in [0, 0.05) is 17.4 Å². The van der Waals surface area contributed by atoms with Crippen LogP contribution >= 0.6 is 0 Å². The first-order valence-corrected chi connectivity index (χ1v) is 9.00. The second-order valence-corrected chi connectivity index (χ2v) is 8.68. The fourth-order valence-electron chi connectivity index (χ4n) is 5.70. The number of amides is 2. The van der Waals surface area contributed by atoms with E-state index in [4.69, 9.17) is 4.84 Å². The van der Waals surface area contributed by atoms with E-state index in [1.807, 2.05) is 19.0 Å². The molecule has 140 valence electrons. The molecule has 25 heavy (non-hydrogen) atoms. The van der Waals surface area contributed by atoms with Crippen LogP contribution in [0.25, 0.3) is 0 Å². The van der Waals surface area contributed by atoms with Crippen molar-refractivity contribution in [2.75, 3.05) is 27.2 Å². The number of fused-ring (bicyclic) bond motifs is 5. The summed E-state index contributed by atoms with van der Waals surface area (Å²) < 4.78 is 0. The summed E-state index contributed by atoms with van der Waals surface area (Å²) in [5.41, 5.74) is 1.85. The zero-order valence-corrected chi connectivity index (χ0v) is 16.3. The summed E-state index contributed by atoms with van der Waals surface area (Å²) in [4.78, 5) is 33.4. The van der Waals surface area contributed by atoms with Crippen LogP contribution in [0.3, 0.4) is 0 Å². The molecule has 5 unspecified atom stereocenters. The zero-order chi connectivity index (χ0) is 18.9. The van der Waals surface area contributed by atoms with E-state index >= 15 is 0 Å². The molecule has 0 aromatic carbocycles. The van der Waals surface area contributed by atoms with E-state index in [9.17, 15) is 14.7 Å². The molecular formula is C19H30N2O4. The molecule has 0 radical (unpaired) electrons. The van der Waals surface area contributed by atoms with Crippen LogP contribution in [0, 0.1) is 28.6 Å². The van der Waals surface area contributed by atoms with E-state index in [1.165, 1.54) is 11.1 Å². The summed E-state index contributed by atoms with van der Waals surface area (Å²) in [6, 6.07) is 0. The molecule has 0 spiro atoms. The van der Waals surface area contributed by atoms with Gasteiger partial charge in [0.1, 0.15) is 6.61 Å². The lowest BCUT2D eigenvalue weighted by molar-refractivity contribution is -0.198. The maximum absolute atomic E-state index is 13.0. The first kappa shape index (κ1) is 18.5. The number of imide groups is 1. The van der Waals surface area contributed by atoms with Gasteiger partial charge >= 0.3 is 0 Å². The smallest absolute Gasteiger partial charge is 0.258 e. The number of aliphatic hydroxyl groups excluding tert-OH is 1. The Morgan fingerprint density at radius 2 is 1.56 bits per heavy atom. The van der Waals surface area contributed by atoms with Gasteiger partial charge in [0.25, 0.3) is 11.8 Å². The summed E-state index contributed by atoms with van der Waals surface area (Å²) in [5.74, 6) is -0.997. The maximum Gasteiger partial charge on any atom is 0.258 e. The summed E-state index contributed by atoms with van der Waals surface area (Å²) in [7, 11) is 3.69. The quantitative estimate of drug-likeness (QED) is 0.600. The van der Waals surface area contributed by atoms with Gasteiger partial charge in [-0.05, 0) is 33.9 Å². The predicted octanol–water partition coefficient (Wildman–Crippen LogP) is 1.45. The first-order chi connectivity index (χ1) is 11.5. The van der Waals surface area contributed by atoms with Gasteiger partial charge in [0.2, 0.25) is 0 Å². The Bertz CT molecular complexity index is 614. The van der Waals surface area contributed by atoms with Crippen molar-refractivity contribution in [2.24, 2.45) is 28.6 Å². The highest BCUT2D eigenvalue weighted by molar-refractivity contribution is 6.06. The minimum absolute atomic E-state index is 0.0660. The van der Waals surface area contributed by atoms with Crippen molar-refractivity contribution in [1.29, 1.82) is 0 Å². The van der Waals surface area contributed by atoms with Crippen molar-refractivity contribution in [3.63, 3.8) is 0 Å². The lowest BCUT2D eigenvalue weighted by Crippen LogP contribution is -2.41. The van der Waals surface area contributed by atoms with Crippen LogP contribution in [-0.2, 0) is 14.4 Å². The number of allylic oxidation sites excluding steroid dienone is 2. The largest absolute Gasteiger partial charge is 0.389 e. The second kappa shape index (κ2) is 5.63. The number of hydrogen-bond acceptors (Lipinski definition) is 5. The second-order valence-electron chi connectivity index (χ2n) is 8.68. The molecule has 0 aromatic heterocycles. The van der Waals surface area contributed by atoms with Crippen LogP contribution in [0.1, 0.15) is 34.6 Å². The van der Waals surface area contributed by atoms with E-state index in [0.717, 1.165) is 5.06 Å². The van der Waals surface area contributed by atoms with Crippen LogP contribution in [-0.4, -0.2) is 60.2 Å². The Hall–Kier alpha value is -1.24. The van der Waals surface area contributed by atoms with Crippen molar-refractivity contribution >= 4 is 11.8 Å². The molecule has 6 nitrogen and oxygen atoms in total. The molecular weight excluding hydrogens is 320 g/mol. The van der Waals surface area contributed by atoms with Gasteiger partial charge < -0.3 is 10.0 Å². The average Bonchev–Trinajstić information content (AvgIpc) is 2.93. The normalized spacial score (nSPS) is 41.3. The van der Waals surface area contributed by atoms with E-state index in [2.05, 4.69) is 34.6 Å². The molecule has 1 saturated carbocycles. The number of rotatable bonds is 5. The Balaban J connectivity index is 1.85. The van der Waals surface area contributed by atoms with Crippen LogP contribution in [0.5, 0.6) is 0 Å². The number of hydroxylamine groups is 2. The van der Waals surface area contributed by atoms with Crippen molar-refractivity contribution in [3.05, 3.63) is 11.1 Å². The molecule has 1 N–H and O–H groups in total. The van der Waals surface area contributed by atoms with E-state index in [0.29, 0.717) is 6.54 Å². The van der Waals surface area contributed by atoms with Crippen LogP contribution in [0.4, 0.5) is 0 Å². The van der Waals surface area contributed by atoms with E-state index < -0.39 is 6.10 Å². The highest BCUT2D eigenvalue weighted by atomic mass is 16.7. The first-order valence-electron chi connectivity index (χ1n) is 9.00. The SMILES string of the molecule is CC1=C(C)C2(C)C3C(=O)N(OCC(O)CN(C)C)C(=O)C3C1(C)C2C. The number of carbonyl (C=O) groups excluding carboxylic acids is 2. The van der Waals surface area contributed by atoms with Gasteiger partial charge in [0.05, 0.1) is 17.9 Å². The van der Waals surface area contributed by atoms with Crippen molar-refractivity contribution in [2.45, 2.75) is 40.7 Å². The van der Waals surface area contributed by atoms with Gasteiger partial charge in [0.15, 0.2) is 0 Å². The number of aliphatic hydroxyl groups is 1. The van der Waals surface area contributed by atoms with Crippen LogP contribution in [0.15, 0.2) is 11.1 Å². The Kier molecular flexibility index (Phi) is 4.18. The molecule has 1 aliphatic heterocycles. The zero-order valence-electron chi connectivity index (χ0n) is 16.3. The molecule has 6 heteroatoms. The van der Waals surface area contributed by atoms with Gasteiger partial charge in [-0.15, -0.1) is 0 Å². The van der Waals surface area contributed by atoms with Gasteiger partial charge in [-0.1, -0.05) is 31.9 Å². The highest BCUT2D eigenvalue weighted by Gasteiger charge is 2.75. The third-order valence-corrected chi connectivity index (χ3v) is 7.51. The number of nitrogens with zero attached hydrogens (tertiary/aromatic N) is 2. The minimum atomic E-state index is -0.751. The lowest BCUT2D eigenvalue weighted by Gasteiger charge is -2.34. The molecule has 3 rings (SSSR count). The highest BCUT2D eigenvalue weighted by Crippen LogP contribution is 2.74. The molecule has 1 saturated heterocycles. The number of likely N-dealkylation sites (N-methyl/N-ethyl adjacent to an activating group) is 1. The fraction of sp³-hybridized carbons (Fsp3) is 0.789. The van der Waals surface area contributed by atoms with Gasteiger partial charge in [-0.25, -0.2) is 0 Å². The standard InChI is InChI=1S/C19H30N2O4/c1-10-11(2)19(5)12(3)18(10,4)14-15(19)17(24)21(16(14)23)25-9-13(22)8-20(6)7/h12-15,22H,8-9H2,1-7H3. The summed E-state index contributed by atoms with van der Waals surface area (Å²) in [6.07, 6.45) is -0.751. The molecule has 0 aromatic rings. The lowest BCUT2D eigenvalue weighted by atomic mass is 9.66. The minimum Gasteiger partial charge on any atom is -0.389 e. The average molecular weight is 350 g/mol. The van der Waals surface area contributed by atoms with Crippen molar-refractivity contribution in [1.82, 2.24) is 9.96 Å². The van der Waals surface area contributed by atoms with Crippen molar-refractivity contribution < 1.29 is 19.5 Å². The summed E-state index contributed by atoms with van der Waals surface area (Å²) >= 11 is 0. The van der Waals surface area contributed by atoms with Gasteiger partial charge in [-0.3, -0.25) is 14.4 Å². The molecule has 2 fully saturated rings. The summed E-state index contributed by atoms with van der Waals surface area (Å²) in [6.45, 7) is 10.9. The van der Waals surface area contributed by atoms with Crippen LogP contribution < -0.4 is 0 Å². The topological polar surface area (TPSA) is 70.1 Å². The molecule has 2 aliphatic carbocycles. The Morgan fingerprint density at radius 3 is 1.96 bits per heavy atom. The predicted molar refractivity (Wildman–Crippen MR) is 93.1 cm³/mol. The van der Waals surface area contributed by atoms with E-state index in [1.54, 1.807) is 0 Å². The molecule has 5 atom stereocenters. The third-order valence-electron chi connectivity index (χ3n) is 7.51. The Labute approximate surface area is 149 Å². The molecule has 2 amide bonds. The number of carbonyl (C=O) groups is 2. The van der Waals surface area contributed by atoms with E-state index in [-0.39, 0.29) is 47.0 Å². The third kappa shape index (κ3) is 2.14. The fourth-order valence-corrected chi connectivity index (χ4v) is 5.70. The molecule has 3 aliphatic rings.